The molecule has 2 N–H and O–H groups in total. The number of fused-ring (bicyclic) bond motifs is 1. The number of nitro groups is 1. The van der Waals surface area contributed by atoms with Crippen LogP contribution in [0.1, 0.15) is 28.4 Å². The van der Waals surface area contributed by atoms with Gasteiger partial charge in [0.2, 0.25) is 5.91 Å². The Hall–Kier alpha value is -3.22. The van der Waals surface area contributed by atoms with Gasteiger partial charge in [-0.05, 0) is 30.2 Å². The topological polar surface area (TPSA) is 107 Å². The molecule has 0 aliphatic carbocycles. The van der Waals surface area contributed by atoms with Crippen LogP contribution in [0.15, 0.2) is 42.5 Å². The molecule has 0 saturated carbocycles. The third-order valence-electron chi connectivity index (χ3n) is 4.47. The third kappa shape index (κ3) is 3.08. The fourth-order valence-corrected chi connectivity index (χ4v) is 3.16. The van der Waals surface area contributed by atoms with Crippen molar-refractivity contribution in [3.8, 4) is 0 Å². The minimum atomic E-state index is -0.684. The number of carbonyl (C=O) groups is 2. The first kappa shape index (κ1) is 16.6. The van der Waals surface area contributed by atoms with Crippen molar-refractivity contribution in [1.82, 2.24) is 0 Å². The summed E-state index contributed by atoms with van der Waals surface area (Å²) in [7, 11) is 0. The highest BCUT2D eigenvalue weighted by Gasteiger charge is 2.33. The normalized spacial score (nSPS) is 16.2. The summed E-state index contributed by atoms with van der Waals surface area (Å²) in [5, 5.41) is 11.5. The summed E-state index contributed by atoms with van der Waals surface area (Å²) in [5.41, 5.74) is 7.88. The van der Waals surface area contributed by atoms with E-state index in [-0.39, 0.29) is 22.7 Å². The minimum absolute atomic E-state index is 0.210. The first-order chi connectivity index (χ1) is 11.9. The molecule has 0 aromatic heterocycles. The summed E-state index contributed by atoms with van der Waals surface area (Å²) in [5.74, 6) is -0.801. The van der Waals surface area contributed by atoms with Crippen molar-refractivity contribution in [3.05, 3.63) is 69.3 Å². The van der Waals surface area contributed by atoms with Gasteiger partial charge in [-0.2, -0.15) is 0 Å². The number of nitrogens with zero attached hydrogens (tertiary/aromatic N) is 2. The van der Waals surface area contributed by atoms with Gasteiger partial charge in [-0.1, -0.05) is 24.3 Å². The predicted octanol–water partition coefficient (Wildman–Crippen LogP) is 2.21. The van der Waals surface area contributed by atoms with Crippen LogP contribution in [0.2, 0.25) is 0 Å². The number of carbonyl (C=O) groups excluding carboxylic acids is 2. The van der Waals surface area contributed by atoms with Crippen molar-refractivity contribution >= 4 is 23.1 Å². The zero-order valence-electron chi connectivity index (χ0n) is 13.6. The molecule has 3 rings (SSSR count). The van der Waals surface area contributed by atoms with Crippen molar-refractivity contribution in [2.24, 2.45) is 5.73 Å². The zero-order valence-corrected chi connectivity index (χ0v) is 13.6. The van der Waals surface area contributed by atoms with Gasteiger partial charge < -0.3 is 10.6 Å². The lowest BCUT2D eigenvalue weighted by atomic mass is 9.92. The van der Waals surface area contributed by atoms with Gasteiger partial charge in [0.05, 0.1) is 4.92 Å². The fraction of sp³-hybridized carbons (Fsp3) is 0.222. The number of rotatable bonds is 4. The Labute approximate surface area is 144 Å². The summed E-state index contributed by atoms with van der Waals surface area (Å²) >= 11 is 0. The number of amides is 1. The van der Waals surface area contributed by atoms with Gasteiger partial charge in [-0.25, -0.2) is 0 Å². The van der Waals surface area contributed by atoms with Crippen LogP contribution >= 0.6 is 0 Å². The van der Waals surface area contributed by atoms with Crippen molar-refractivity contribution in [3.63, 3.8) is 0 Å². The second-order valence-corrected chi connectivity index (χ2v) is 6.04. The number of hydrogen-bond donors (Lipinski definition) is 1. The van der Waals surface area contributed by atoms with Gasteiger partial charge in [-0.15, -0.1) is 0 Å². The lowest BCUT2D eigenvalue weighted by molar-refractivity contribution is -0.384. The molecule has 1 aliphatic heterocycles. The monoisotopic (exact) mass is 339 g/mol. The van der Waals surface area contributed by atoms with Crippen LogP contribution in [0.5, 0.6) is 0 Å². The maximum atomic E-state index is 12.0. The van der Waals surface area contributed by atoms with Gasteiger partial charge in [-0.3, -0.25) is 19.7 Å². The Kier molecular flexibility index (Phi) is 4.22. The van der Waals surface area contributed by atoms with Crippen LogP contribution in [-0.4, -0.2) is 22.7 Å². The molecule has 0 unspecified atom stereocenters. The molecule has 1 amide bonds. The molecular formula is C18H17N3O4. The van der Waals surface area contributed by atoms with Crippen LogP contribution in [0, 0.1) is 10.1 Å². The van der Waals surface area contributed by atoms with E-state index >= 15 is 0 Å². The fourth-order valence-electron chi connectivity index (χ4n) is 3.16. The summed E-state index contributed by atoms with van der Waals surface area (Å²) in [6.07, 6.45) is 0.386. The molecule has 25 heavy (non-hydrogen) atoms. The number of primary amides is 1. The van der Waals surface area contributed by atoms with Gasteiger partial charge >= 0.3 is 0 Å². The van der Waals surface area contributed by atoms with Crippen molar-refractivity contribution in [2.45, 2.75) is 25.9 Å². The van der Waals surface area contributed by atoms with Crippen LogP contribution < -0.4 is 10.6 Å². The summed E-state index contributed by atoms with van der Waals surface area (Å²) in [6.45, 7) is 1.69. The molecular weight excluding hydrogens is 322 g/mol. The SMILES string of the molecule is CC(=O)c1ccc(N2Cc3ccccc3C[C@@H]2C(N)=O)c([N+](=O)[O-])c1. The first-order valence-electron chi connectivity index (χ1n) is 7.80. The lowest BCUT2D eigenvalue weighted by Gasteiger charge is -2.36. The maximum absolute atomic E-state index is 12.0. The van der Waals surface area contributed by atoms with Crippen molar-refractivity contribution < 1.29 is 14.5 Å². The Balaban J connectivity index is 2.11. The first-order valence-corrected chi connectivity index (χ1v) is 7.80. The molecule has 7 heteroatoms. The second-order valence-electron chi connectivity index (χ2n) is 6.04. The van der Waals surface area contributed by atoms with Crippen molar-refractivity contribution in [1.29, 1.82) is 0 Å². The average Bonchev–Trinajstić information content (AvgIpc) is 2.59. The Morgan fingerprint density at radius 1 is 1.20 bits per heavy atom. The van der Waals surface area contributed by atoms with Gasteiger partial charge in [0.25, 0.3) is 5.69 Å². The predicted molar refractivity (Wildman–Crippen MR) is 92.4 cm³/mol. The molecule has 2 aromatic rings. The van der Waals surface area contributed by atoms with E-state index in [1.165, 1.54) is 25.1 Å². The summed E-state index contributed by atoms with van der Waals surface area (Å²) in [4.78, 5) is 36.1. The number of benzene rings is 2. The van der Waals surface area contributed by atoms with E-state index in [0.29, 0.717) is 13.0 Å². The Bertz CT molecular complexity index is 878. The average molecular weight is 339 g/mol. The van der Waals surface area contributed by atoms with E-state index in [1.54, 1.807) is 4.90 Å². The van der Waals surface area contributed by atoms with E-state index in [9.17, 15) is 19.7 Å². The number of anilines is 1. The Morgan fingerprint density at radius 3 is 2.48 bits per heavy atom. The molecule has 0 bridgehead atoms. The number of nitro benzene ring substituents is 1. The van der Waals surface area contributed by atoms with E-state index in [1.807, 2.05) is 24.3 Å². The van der Waals surface area contributed by atoms with E-state index < -0.39 is 16.9 Å². The van der Waals surface area contributed by atoms with Crippen LogP contribution in [0.25, 0.3) is 0 Å². The van der Waals surface area contributed by atoms with Gasteiger partial charge in [0.1, 0.15) is 11.7 Å². The molecule has 128 valence electrons. The van der Waals surface area contributed by atoms with E-state index in [4.69, 9.17) is 5.73 Å². The lowest BCUT2D eigenvalue weighted by Crippen LogP contribution is -2.49. The van der Waals surface area contributed by atoms with Crippen molar-refractivity contribution in [2.75, 3.05) is 4.90 Å². The number of ketones is 1. The van der Waals surface area contributed by atoms with Gasteiger partial charge in [0.15, 0.2) is 5.78 Å². The van der Waals surface area contributed by atoms with Gasteiger partial charge in [0, 0.05) is 24.6 Å². The molecule has 0 fully saturated rings. The summed E-state index contributed by atoms with van der Waals surface area (Å²) < 4.78 is 0. The van der Waals surface area contributed by atoms with Crippen LogP contribution in [-0.2, 0) is 17.8 Å². The summed E-state index contributed by atoms with van der Waals surface area (Å²) in [6, 6.07) is 11.2. The third-order valence-corrected chi connectivity index (χ3v) is 4.47. The smallest absolute Gasteiger partial charge is 0.293 e. The highest BCUT2D eigenvalue weighted by Crippen LogP contribution is 2.35. The molecule has 0 spiro atoms. The largest absolute Gasteiger partial charge is 0.368 e. The second kappa shape index (κ2) is 6.35. The molecule has 2 aromatic carbocycles. The Morgan fingerprint density at radius 2 is 1.88 bits per heavy atom. The number of nitrogens with two attached hydrogens (primary N) is 1. The van der Waals surface area contributed by atoms with E-state index in [2.05, 4.69) is 0 Å². The molecule has 7 nitrogen and oxygen atoms in total. The minimum Gasteiger partial charge on any atom is -0.368 e. The molecule has 1 atom stereocenters. The highest BCUT2D eigenvalue weighted by atomic mass is 16.6. The standard InChI is InChI=1S/C18H17N3O4/c1-11(22)12-6-7-15(16(8-12)21(24)25)20-10-14-5-3-2-4-13(14)9-17(20)18(19)23/h2-8,17H,9-10H2,1H3,(H2,19,23)/t17-/m1/s1. The highest BCUT2D eigenvalue weighted by molar-refractivity contribution is 5.96. The quantitative estimate of drug-likeness (QED) is 0.522. The number of hydrogen-bond acceptors (Lipinski definition) is 5. The van der Waals surface area contributed by atoms with Crippen LogP contribution in [0.3, 0.4) is 0 Å². The molecule has 0 saturated heterocycles. The number of Topliss-reactive ketones (excluding diaryl/α,β-unsaturated/α-hetero) is 1. The molecule has 1 heterocycles. The van der Waals surface area contributed by atoms with Crippen LogP contribution in [0.4, 0.5) is 11.4 Å². The molecule has 0 radical (unpaired) electrons. The maximum Gasteiger partial charge on any atom is 0.293 e. The molecule has 1 aliphatic rings. The zero-order chi connectivity index (χ0) is 18.1. The van der Waals surface area contributed by atoms with E-state index in [0.717, 1.165) is 11.1 Å².